The summed E-state index contributed by atoms with van der Waals surface area (Å²) in [6.45, 7) is 1.51. The minimum absolute atomic E-state index is 0. The number of nitrogens with zero attached hydrogens (tertiary/aromatic N) is 1. The van der Waals surface area contributed by atoms with E-state index < -0.39 is 10.0 Å². The van der Waals surface area contributed by atoms with Gasteiger partial charge in [-0.15, -0.1) is 24.0 Å². The Hall–Kier alpha value is -0.580. The number of aliphatic imine (C=N–C) groups is 1. The quantitative estimate of drug-likeness (QED) is 0.247. The van der Waals surface area contributed by atoms with Crippen molar-refractivity contribution in [2.24, 2.45) is 4.99 Å². The number of nitrogens with one attached hydrogen (secondary N) is 3. The number of guanidine groups is 1. The predicted molar refractivity (Wildman–Crippen MR) is 103 cm³/mol. The molecule has 1 aromatic rings. The molecule has 0 aliphatic carbocycles. The van der Waals surface area contributed by atoms with Gasteiger partial charge >= 0.3 is 0 Å². The van der Waals surface area contributed by atoms with Gasteiger partial charge in [0.1, 0.15) is 0 Å². The molecule has 1 aromatic carbocycles. The molecule has 0 spiro atoms. The molecule has 0 aliphatic heterocycles. The summed E-state index contributed by atoms with van der Waals surface area (Å²) in [4.78, 5) is 4.06. The molecule has 3 N–H and O–H groups in total. The second-order valence-electron chi connectivity index (χ2n) is 4.47. The summed E-state index contributed by atoms with van der Waals surface area (Å²) in [5.41, 5.74) is 1.18. The second-order valence-corrected chi connectivity index (χ2v) is 6.74. The molecule has 0 aliphatic rings. The molecule has 0 saturated heterocycles. The topological polar surface area (TPSA) is 82.6 Å². The first-order valence-electron chi connectivity index (χ1n) is 6.54. The smallest absolute Gasteiger partial charge is 0.208 e. The van der Waals surface area contributed by atoms with Crippen molar-refractivity contribution in [1.29, 1.82) is 0 Å². The Kier molecular flexibility index (Phi) is 10.7. The molecule has 22 heavy (non-hydrogen) atoms. The van der Waals surface area contributed by atoms with E-state index in [-0.39, 0.29) is 24.0 Å². The van der Waals surface area contributed by atoms with E-state index in [1.807, 2.05) is 24.3 Å². The van der Waals surface area contributed by atoms with Crippen LogP contribution in [0.2, 0.25) is 5.02 Å². The minimum Gasteiger partial charge on any atom is -0.356 e. The zero-order valence-corrected chi connectivity index (χ0v) is 16.5. The molecule has 9 heteroatoms. The van der Waals surface area contributed by atoms with E-state index in [0.717, 1.165) is 24.2 Å². The summed E-state index contributed by atoms with van der Waals surface area (Å²) in [6, 6.07) is 7.69. The monoisotopic (exact) mass is 460 g/mol. The van der Waals surface area contributed by atoms with Crippen LogP contribution in [0.15, 0.2) is 29.3 Å². The molecule has 0 bridgehead atoms. The molecule has 0 heterocycles. The standard InChI is InChI=1S/C13H21ClN4O2S.HI/c1-15-13(17-9-10-18-21(2,19)20)16-8-7-11-3-5-12(14)6-4-11;/h3-6,18H,7-10H2,1-2H3,(H2,15,16,17);1H. The van der Waals surface area contributed by atoms with Gasteiger partial charge in [-0.05, 0) is 24.1 Å². The molecular weight excluding hydrogens is 439 g/mol. The first-order valence-corrected chi connectivity index (χ1v) is 8.81. The zero-order valence-electron chi connectivity index (χ0n) is 12.6. The van der Waals surface area contributed by atoms with Crippen LogP contribution in [0.5, 0.6) is 0 Å². The van der Waals surface area contributed by atoms with E-state index in [2.05, 4.69) is 20.3 Å². The number of benzene rings is 1. The van der Waals surface area contributed by atoms with Gasteiger partial charge in [-0.1, -0.05) is 23.7 Å². The van der Waals surface area contributed by atoms with Crippen LogP contribution >= 0.6 is 35.6 Å². The summed E-state index contributed by atoms with van der Waals surface area (Å²) in [7, 11) is -1.48. The van der Waals surface area contributed by atoms with E-state index in [0.29, 0.717) is 19.0 Å². The summed E-state index contributed by atoms with van der Waals surface area (Å²) < 4.78 is 24.2. The molecule has 0 atom stereocenters. The Bertz CT molecular complexity index is 564. The number of sulfonamides is 1. The highest BCUT2D eigenvalue weighted by molar-refractivity contribution is 14.0. The summed E-state index contributed by atoms with van der Waals surface area (Å²) >= 11 is 5.83. The Morgan fingerprint density at radius 3 is 2.27 bits per heavy atom. The van der Waals surface area contributed by atoms with Crippen molar-refractivity contribution in [3.8, 4) is 0 Å². The van der Waals surface area contributed by atoms with Crippen molar-refractivity contribution in [1.82, 2.24) is 15.4 Å². The highest BCUT2D eigenvalue weighted by Crippen LogP contribution is 2.09. The summed E-state index contributed by atoms with van der Waals surface area (Å²) in [5.74, 6) is 0.638. The van der Waals surface area contributed by atoms with Crippen LogP contribution in [0, 0.1) is 0 Å². The maximum absolute atomic E-state index is 10.9. The van der Waals surface area contributed by atoms with Crippen LogP contribution in [0.3, 0.4) is 0 Å². The van der Waals surface area contributed by atoms with Crippen LogP contribution in [-0.2, 0) is 16.4 Å². The highest BCUT2D eigenvalue weighted by Gasteiger charge is 2.01. The van der Waals surface area contributed by atoms with Gasteiger partial charge in [0.25, 0.3) is 0 Å². The summed E-state index contributed by atoms with van der Waals surface area (Å²) in [6.07, 6.45) is 1.98. The molecule has 0 aromatic heterocycles. The molecule has 0 fully saturated rings. The third-order valence-electron chi connectivity index (χ3n) is 2.62. The number of hydrogen-bond donors (Lipinski definition) is 3. The molecule has 0 unspecified atom stereocenters. The van der Waals surface area contributed by atoms with Crippen molar-refractivity contribution in [2.45, 2.75) is 6.42 Å². The van der Waals surface area contributed by atoms with Crippen LogP contribution in [0.1, 0.15) is 5.56 Å². The molecule has 6 nitrogen and oxygen atoms in total. The Labute approximate surface area is 154 Å². The molecule has 0 amide bonds. The van der Waals surface area contributed by atoms with Gasteiger partial charge in [-0.3, -0.25) is 4.99 Å². The summed E-state index contributed by atoms with van der Waals surface area (Å²) in [5, 5.41) is 6.91. The second kappa shape index (κ2) is 11.0. The number of halogens is 2. The van der Waals surface area contributed by atoms with Gasteiger partial charge in [0, 0.05) is 31.7 Å². The van der Waals surface area contributed by atoms with Crippen molar-refractivity contribution < 1.29 is 8.42 Å². The first-order chi connectivity index (χ1) is 9.90. The fraction of sp³-hybridized carbons (Fsp3) is 0.462. The maximum atomic E-state index is 10.9. The van der Waals surface area contributed by atoms with E-state index in [9.17, 15) is 8.42 Å². The number of rotatable bonds is 7. The normalized spacial score (nSPS) is 11.7. The van der Waals surface area contributed by atoms with Gasteiger partial charge < -0.3 is 10.6 Å². The van der Waals surface area contributed by atoms with Gasteiger partial charge in [-0.2, -0.15) is 0 Å². The van der Waals surface area contributed by atoms with Crippen LogP contribution in [0.25, 0.3) is 0 Å². The average molecular weight is 461 g/mol. The van der Waals surface area contributed by atoms with Crippen molar-refractivity contribution in [3.05, 3.63) is 34.9 Å². The van der Waals surface area contributed by atoms with Gasteiger partial charge in [0.15, 0.2) is 5.96 Å². The average Bonchev–Trinajstić information content (AvgIpc) is 2.42. The maximum Gasteiger partial charge on any atom is 0.208 e. The van der Waals surface area contributed by atoms with Gasteiger partial charge in [-0.25, -0.2) is 13.1 Å². The van der Waals surface area contributed by atoms with Crippen LogP contribution < -0.4 is 15.4 Å². The Balaban J connectivity index is 0.00000441. The minimum atomic E-state index is -3.15. The third kappa shape index (κ3) is 10.2. The van der Waals surface area contributed by atoms with Crippen molar-refractivity contribution >= 4 is 51.6 Å². The lowest BCUT2D eigenvalue weighted by Crippen LogP contribution is -2.42. The van der Waals surface area contributed by atoms with E-state index in [4.69, 9.17) is 11.6 Å². The third-order valence-corrected chi connectivity index (χ3v) is 3.61. The Morgan fingerprint density at radius 1 is 1.14 bits per heavy atom. The van der Waals surface area contributed by atoms with Crippen molar-refractivity contribution in [3.63, 3.8) is 0 Å². The van der Waals surface area contributed by atoms with E-state index >= 15 is 0 Å². The Morgan fingerprint density at radius 2 is 1.73 bits per heavy atom. The van der Waals surface area contributed by atoms with Crippen molar-refractivity contribution in [2.75, 3.05) is 32.9 Å². The fourth-order valence-corrected chi connectivity index (χ4v) is 2.21. The predicted octanol–water partition coefficient (Wildman–Crippen LogP) is 1.21. The molecule has 1 rings (SSSR count). The SMILES string of the molecule is CN=C(NCCNS(C)(=O)=O)NCCc1ccc(Cl)cc1.I. The van der Waals surface area contributed by atoms with Crippen LogP contribution in [0.4, 0.5) is 0 Å². The number of hydrogen-bond acceptors (Lipinski definition) is 3. The largest absolute Gasteiger partial charge is 0.356 e. The van der Waals surface area contributed by atoms with E-state index in [1.54, 1.807) is 7.05 Å². The zero-order chi connectivity index (χ0) is 15.7. The van der Waals surface area contributed by atoms with Gasteiger partial charge in [0.05, 0.1) is 6.26 Å². The first kappa shape index (κ1) is 21.4. The molecule has 126 valence electrons. The fourth-order valence-electron chi connectivity index (χ4n) is 1.61. The lowest BCUT2D eigenvalue weighted by Gasteiger charge is -2.12. The molecule has 0 saturated carbocycles. The van der Waals surface area contributed by atoms with Crippen LogP contribution in [-0.4, -0.2) is 47.3 Å². The lowest BCUT2D eigenvalue weighted by molar-refractivity contribution is 0.586. The highest BCUT2D eigenvalue weighted by atomic mass is 127. The molecular formula is C13H22ClIN4O2S. The van der Waals surface area contributed by atoms with Gasteiger partial charge in [0.2, 0.25) is 10.0 Å². The lowest BCUT2D eigenvalue weighted by atomic mass is 10.1. The molecule has 0 radical (unpaired) electrons. The van der Waals surface area contributed by atoms with E-state index in [1.165, 1.54) is 5.56 Å².